The van der Waals surface area contributed by atoms with Crippen molar-refractivity contribution in [1.82, 2.24) is 10.3 Å². The zero-order valence-electron chi connectivity index (χ0n) is 13.9. The highest BCUT2D eigenvalue weighted by Crippen LogP contribution is 2.28. The summed E-state index contributed by atoms with van der Waals surface area (Å²) in [5.74, 6) is -0.155. The van der Waals surface area contributed by atoms with Gasteiger partial charge in [-0.05, 0) is 38.3 Å². The highest BCUT2D eigenvalue weighted by atomic mass is 32.1. The molecule has 0 aliphatic carbocycles. The van der Waals surface area contributed by atoms with Crippen LogP contribution in [0.4, 0.5) is 5.69 Å². The molecule has 0 fully saturated rings. The van der Waals surface area contributed by atoms with Gasteiger partial charge in [-0.25, -0.2) is 4.98 Å². The first-order valence-electron chi connectivity index (χ1n) is 8.15. The number of carbonyl (C=O) groups is 2. The number of amides is 2. The fourth-order valence-electron chi connectivity index (χ4n) is 3.00. The molecule has 126 valence electrons. The Labute approximate surface area is 145 Å². The fourth-order valence-corrected chi connectivity index (χ4v) is 3.61. The molecule has 3 rings (SSSR count). The van der Waals surface area contributed by atoms with Crippen LogP contribution in [-0.2, 0) is 22.6 Å². The summed E-state index contributed by atoms with van der Waals surface area (Å²) >= 11 is 1.56. The van der Waals surface area contributed by atoms with Gasteiger partial charge in [0.15, 0.2) is 0 Å². The number of carbonyl (C=O) groups excluding carboxylic acids is 2. The Morgan fingerprint density at radius 3 is 2.92 bits per heavy atom. The summed E-state index contributed by atoms with van der Waals surface area (Å²) in [6.07, 6.45) is 2.15. The van der Waals surface area contributed by atoms with Gasteiger partial charge in [-0.15, -0.1) is 11.3 Å². The average molecular weight is 343 g/mol. The van der Waals surface area contributed by atoms with E-state index in [-0.39, 0.29) is 11.8 Å². The number of rotatable bonds is 4. The zero-order valence-corrected chi connectivity index (χ0v) is 14.7. The predicted octanol–water partition coefficient (Wildman–Crippen LogP) is 2.83. The van der Waals surface area contributed by atoms with Gasteiger partial charge in [0.1, 0.15) is 6.04 Å². The van der Waals surface area contributed by atoms with Gasteiger partial charge in [-0.2, -0.15) is 0 Å². The topological polar surface area (TPSA) is 62.3 Å². The first-order chi connectivity index (χ1) is 11.6. The van der Waals surface area contributed by atoms with Crippen LogP contribution in [0.15, 0.2) is 29.6 Å². The molecule has 2 heterocycles. The van der Waals surface area contributed by atoms with Crippen LogP contribution in [-0.4, -0.2) is 22.8 Å². The van der Waals surface area contributed by atoms with Crippen LogP contribution in [0.25, 0.3) is 0 Å². The lowest BCUT2D eigenvalue weighted by molar-refractivity contribution is -0.126. The lowest BCUT2D eigenvalue weighted by atomic mass is 10.1. The standard InChI is InChI=1S/C18H21N3O2S/c1-12(18(23)19-10-15-11-24-13(2)20-15)21-16-8-4-3-6-14(16)7-5-9-17(21)22/h3-4,6,8,11-12H,5,7,9-10H2,1-2H3,(H,19,23). The minimum absolute atomic E-state index is 0.00658. The summed E-state index contributed by atoms with van der Waals surface area (Å²) in [7, 11) is 0. The van der Waals surface area contributed by atoms with Crippen LogP contribution in [0.5, 0.6) is 0 Å². The van der Waals surface area contributed by atoms with E-state index in [2.05, 4.69) is 10.3 Å². The summed E-state index contributed by atoms with van der Waals surface area (Å²) in [5, 5.41) is 5.81. The molecule has 1 aliphatic heterocycles. The number of fused-ring (bicyclic) bond motifs is 1. The number of aryl methyl sites for hydroxylation is 2. The summed E-state index contributed by atoms with van der Waals surface area (Å²) in [5.41, 5.74) is 2.82. The molecule has 0 bridgehead atoms. The van der Waals surface area contributed by atoms with E-state index >= 15 is 0 Å². The number of thiazole rings is 1. The van der Waals surface area contributed by atoms with Crippen molar-refractivity contribution in [3.63, 3.8) is 0 Å². The van der Waals surface area contributed by atoms with Gasteiger partial charge in [0.25, 0.3) is 0 Å². The number of para-hydroxylation sites is 1. The van der Waals surface area contributed by atoms with Gasteiger partial charge in [0, 0.05) is 17.5 Å². The second-order valence-electron chi connectivity index (χ2n) is 6.00. The third-order valence-corrected chi connectivity index (χ3v) is 5.06. The van der Waals surface area contributed by atoms with Crippen molar-refractivity contribution in [2.24, 2.45) is 0 Å². The molecule has 1 atom stereocenters. The second kappa shape index (κ2) is 7.13. The molecule has 0 radical (unpaired) electrons. The number of nitrogens with zero attached hydrogens (tertiary/aromatic N) is 2. The van der Waals surface area contributed by atoms with Crippen molar-refractivity contribution in [2.75, 3.05) is 4.90 Å². The SMILES string of the molecule is Cc1nc(CNC(=O)C(C)N2C(=O)CCCc3ccccc32)cs1. The van der Waals surface area contributed by atoms with Gasteiger partial charge in [0.2, 0.25) is 11.8 Å². The van der Waals surface area contributed by atoms with Crippen molar-refractivity contribution < 1.29 is 9.59 Å². The number of hydrogen-bond acceptors (Lipinski definition) is 4. The van der Waals surface area contributed by atoms with E-state index in [4.69, 9.17) is 0 Å². The number of hydrogen-bond donors (Lipinski definition) is 1. The Bertz CT molecular complexity index is 756. The molecule has 0 saturated carbocycles. The molecule has 6 heteroatoms. The van der Waals surface area contributed by atoms with Gasteiger partial charge in [-0.3, -0.25) is 14.5 Å². The van der Waals surface area contributed by atoms with Crippen LogP contribution in [0.2, 0.25) is 0 Å². The molecule has 1 N–H and O–H groups in total. The van der Waals surface area contributed by atoms with Gasteiger partial charge in [0.05, 0.1) is 17.2 Å². The van der Waals surface area contributed by atoms with Crippen molar-refractivity contribution in [3.8, 4) is 0 Å². The minimum Gasteiger partial charge on any atom is -0.349 e. The Hall–Kier alpha value is -2.21. The zero-order chi connectivity index (χ0) is 17.1. The third kappa shape index (κ3) is 3.48. The quantitative estimate of drug-likeness (QED) is 0.928. The molecule has 1 aromatic heterocycles. The summed E-state index contributed by atoms with van der Waals surface area (Å²) in [6, 6.07) is 7.29. The van der Waals surface area contributed by atoms with Crippen LogP contribution >= 0.6 is 11.3 Å². The van der Waals surface area contributed by atoms with Crippen LogP contribution < -0.4 is 10.2 Å². The summed E-state index contributed by atoms with van der Waals surface area (Å²) < 4.78 is 0. The van der Waals surface area contributed by atoms with E-state index in [1.165, 1.54) is 0 Å². The lowest BCUT2D eigenvalue weighted by Gasteiger charge is -2.28. The van der Waals surface area contributed by atoms with Gasteiger partial charge in [-0.1, -0.05) is 18.2 Å². The highest BCUT2D eigenvalue weighted by Gasteiger charge is 2.30. The Kier molecular flexibility index (Phi) is 4.94. The number of aromatic nitrogens is 1. The maximum absolute atomic E-state index is 12.6. The number of anilines is 1. The van der Waals surface area contributed by atoms with E-state index in [9.17, 15) is 9.59 Å². The van der Waals surface area contributed by atoms with Gasteiger partial charge < -0.3 is 5.32 Å². The summed E-state index contributed by atoms with van der Waals surface area (Å²) in [6.45, 7) is 4.10. The second-order valence-corrected chi connectivity index (χ2v) is 7.06. The Morgan fingerprint density at radius 1 is 1.38 bits per heavy atom. The van der Waals surface area contributed by atoms with E-state index in [0.29, 0.717) is 13.0 Å². The number of benzene rings is 1. The highest BCUT2D eigenvalue weighted by molar-refractivity contribution is 7.09. The predicted molar refractivity (Wildman–Crippen MR) is 95.0 cm³/mol. The van der Waals surface area contributed by atoms with Crippen molar-refractivity contribution in [1.29, 1.82) is 0 Å². The first kappa shape index (κ1) is 16.6. The molecule has 24 heavy (non-hydrogen) atoms. The normalized spacial score (nSPS) is 15.6. The largest absolute Gasteiger partial charge is 0.349 e. The molecule has 1 unspecified atom stereocenters. The molecule has 1 aromatic carbocycles. The molecule has 2 aromatic rings. The lowest BCUT2D eigenvalue weighted by Crippen LogP contribution is -2.48. The molecule has 0 spiro atoms. The molecular formula is C18H21N3O2S. The first-order valence-corrected chi connectivity index (χ1v) is 9.03. The van der Waals surface area contributed by atoms with Crippen LogP contribution in [0, 0.1) is 6.92 Å². The maximum Gasteiger partial charge on any atom is 0.243 e. The fraction of sp³-hybridized carbons (Fsp3) is 0.389. The molecule has 1 aliphatic rings. The Balaban J connectivity index is 1.76. The smallest absolute Gasteiger partial charge is 0.243 e. The van der Waals surface area contributed by atoms with Gasteiger partial charge >= 0.3 is 0 Å². The molecule has 5 nitrogen and oxygen atoms in total. The number of nitrogens with one attached hydrogen (secondary N) is 1. The van der Waals surface area contributed by atoms with E-state index < -0.39 is 6.04 Å². The van der Waals surface area contributed by atoms with Crippen molar-refractivity contribution >= 4 is 28.8 Å². The Morgan fingerprint density at radius 2 is 2.17 bits per heavy atom. The van der Waals surface area contributed by atoms with Crippen LogP contribution in [0.3, 0.4) is 0 Å². The minimum atomic E-state index is -0.545. The maximum atomic E-state index is 12.6. The van der Waals surface area contributed by atoms with Crippen molar-refractivity contribution in [2.45, 2.75) is 45.7 Å². The van der Waals surface area contributed by atoms with E-state index in [0.717, 1.165) is 34.8 Å². The average Bonchev–Trinajstić information content (AvgIpc) is 2.91. The van der Waals surface area contributed by atoms with Crippen LogP contribution in [0.1, 0.15) is 36.0 Å². The van der Waals surface area contributed by atoms with E-state index in [1.807, 2.05) is 36.6 Å². The summed E-state index contributed by atoms with van der Waals surface area (Å²) in [4.78, 5) is 31.1. The third-order valence-electron chi connectivity index (χ3n) is 4.23. The molecular weight excluding hydrogens is 322 g/mol. The van der Waals surface area contributed by atoms with E-state index in [1.54, 1.807) is 23.2 Å². The molecule has 2 amide bonds. The molecule has 0 saturated heterocycles. The monoisotopic (exact) mass is 343 g/mol. The van der Waals surface area contributed by atoms with Crippen molar-refractivity contribution in [3.05, 3.63) is 45.9 Å².